The van der Waals surface area contributed by atoms with Gasteiger partial charge in [0.2, 0.25) is 5.95 Å². The molecule has 11 nitrogen and oxygen atoms in total. The van der Waals surface area contributed by atoms with E-state index in [9.17, 15) is 4.79 Å². The lowest BCUT2D eigenvalue weighted by Crippen LogP contribution is -2.51. The van der Waals surface area contributed by atoms with Gasteiger partial charge in [0, 0.05) is 13.6 Å². The van der Waals surface area contributed by atoms with E-state index in [0.29, 0.717) is 65.0 Å². The number of aromatic nitrogens is 6. The minimum absolute atomic E-state index is 0.176. The van der Waals surface area contributed by atoms with Crippen molar-refractivity contribution in [1.29, 1.82) is 0 Å². The van der Waals surface area contributed by atoms with Crippen molar-refractivity contribution >= 4 is 45.4 Å². The zero-order valence-electron chi connectivity index (χ0n) is 18.7. The largest absolute Gasteiger partial charge is 0.378 e. The van der Waals surface area contributed by atoms with Crippen molar-refractivity contribution < 1.29 is 4.74 Å². The van der Waals surface area contributed by atoms with Crippen molar-refractivity contribution in [1.82, 2.24) is 29.2 Å². The number of nitrogens with zero attached hydrogens (tertiary/aromatic N) is 8. The summed E-state index contributed by atoms with van der Waals surface area (Å²) in [6.07, 6.45) is 3.42. The summed E-state index contributed by atoms with van der Waals surface area (Å²) in [5.41, 5.74) is 7.81. The average Bonchev–Trinajstić information content (AvgIpc) is 3.46. The van der Waals surface area contributed by atoms with Crippen LogP contribution in [-0.4, -0.2) is 62.0 Å². The van der Waals surface area contributed by atoms with E-state index in [1.165, 1.54) is 0 Å². The summed E-state index contributed by atoms with van der Waals surface area (Å²) >= 11 is 6.45. The molecule has 0 saturated carbocycles. The molecular formula is C22H24ClN9O2. The van der Waals surface area contributed by atoms with E-state index >= 15 is 0 Å². The first-order valence-corrected chi connectivity index (χ1v) is 11.7. The highest BCUT2D eigenvalue weighted by atomic mass is 35.5. The fourth-order valence-electron chi connectivity index (χ4n) is 4.94. The second-order valence-electron chi connectivity index (χ2n) is 8.57. The maximum atomic E-state index is 13.8. The van der Waals surface area contributed by atoms with Crippen LogP contribution < -0.4 is 21.2 Å². The summed E-state index contributed by atoms with van der Waals surface area (Å²) in [6, 6.07) is 5.17. The fraction of sp³-hybridized carbons (Fsp3) is 0.409. The Morgan fingerprint density at radius 2 is 1.97 bits per heavy atom. The number of halogens is 1. The zero-order valence-corrected chi connectivity index (χ0v) is 19.4. The number of morpholine rings is 1. The third-order valence-electron chi connectivity index (χ3n) is 6.50. The van der Waals surface area contributed by atoms with Crippen molar-refractivity contribution in [2.45, 2.75) is 18.9 Å². The van der Waals surface area contributed by atoms with Crippen LogP contribution >= 0.6 is 11.6 Å². The highest BCUT2D eigenvalue weighted by Crippen LogP contribution is 2.37. The average molecular weight is 482 g/mol. The van der Waals surface area contributed by atoms with Crippen molar-refractivity contribution in [2.75, 3.05) is 48.5 Å². The summed E-state index contributed by atoms with van der Waals surface area (Å²) in [6.45, 7) is 2.99. The van der Waals surface area contributed by atoms with Crippen LogP contribution in [0.25, 0.3) is 22.1 Å². The lowest BCUT2D eigenvalue weighted by molar-refractivity contribution is 0.110. The predicted octanol–water partition coefficient (Wildman–Crippen LogP) is 1.62. The number of anilines is 2. The molecule has 2 fully saturated rings. The number of rotatable bonds is 3. The van der Waals surface area contributed by atoms with E-state index in [4.69, 9.17) is 27.1 Å². The molecule has 2 aliphatic heterocycles. The van der Waals surface area contributed by atoms with E-state index in [-0.39, 0.29) is 17.5 Å². The third-order valence-corrected chi connectivity index (χ3v) is 6.82. The van der Waals surface area contributed by atoms with E-state index in [1.54, 1.807) is 17.1 Å². The number of benzene rings is 1. The Labute approximate surface area is 199 Å². The lowest BCUT2D eigenvalue weighted by Gasteiger charge is -2.35. The molecule has 0 radical (unpaired) electrons. The standard InChI is InChI=1S/C22H24ClN9O2/c1-29-12-25-17-19(29)27-22(24)28-20(17)31-7-3-6-15(31)18-26-14-5-2-4-13(23)16(14)21(33)32(18)30-8-10-34-11-9-30/h2,4-5,12,15H,3,6-11H2,1H3,(H2,24,27,28). The van der Waals surface area contributed by atoms with Gasteiger partial charge in [-0.25, -0.2) is 14.6 Å². The monoisotopic (exact) mass is 481 g/mol. The van der Waals surface area contributed by atoms with Gasteiger partial charge in [0.1, 0.15) is 0 Å². The molecule has 0 bridgehead atoms. The van der Waals surface area contributed by atoms with Crippen molar-refractivity contribution in [3.8, 4) is 0 Å². The number of fused-ring (bicyclic) bond motifs is 2. The normalized spacial score (nSPS) is 18.9. The molecule has 34 heavy (non-hydrogen) atoms. The number of hydrogen-bond donors (Lipinski definition) is 1. The smallest absolute Gasteiger partial charge is 0.281 e. The van der Waals surface area contributed by atoms with Gasteiger partial charge in [0.15, 0.2) is 22.8 Å². The number of imidazole rings is 1. The van der Waals surface area contributed by atoms with Crippen LogP contribution in [0.5, 0.6) is 0 Å². The lowest BCUT2D eigenvalue weighted by atomic mass is 10.1. The summed E-state index contributed by atoms with van der Waals surface area (Å²) in [4.78, 5) is 34.4. The van der Waals surface area contributed by atoms with E-state index < -0.39 is 0 Å². The highest BCUT2D eigenvalue weighted by Gasteiger charge is 2.35. The second-order valence-corrected chi connectivity index (χ2v) is 8.98. The molecule has 2 aliphatic rings. The fourth-order valence-corrected chi connectivity index (χ4v) is 5.19. The molecule has 2 saturated heterocycles. The molecule has 1 atom stereocenters. The molecule has 6 rings (SSSR count). The molecule has 0 aliphatic carbocycles. The van der Waals surface area contributed by atoms with Crippen molar-refractivity contribution in [2.24, 2.45) is 7.05 Å². The number of ether oxygens (including phenoxy) is 1. The van der Waals surface area contributed by atoms with Gasteiger partial charge in [0.25, 0.3) is 5.56 Å². The summed E-state index contributed by atoms with van der Waals surface area (Å²) in [5.74, 6) is 1.49. The van der Waals surface area contributed by atoms with Gasteiger partial charge < -0.3 is 24.9 Å². The molecule has 1 aromatic carbocycles. The molecule has 176 valence electrons. The maximum absolute atomic E-state index is 13.8. The van der Waals surface area contributed by atoms with Gasteiger partial charge in [-0.2, -0.15) is 9.97 Å². The molecular weight excluding hydrogens is 458 g/mol. The Kier molecular flexibility index (Phi) is 5.03. The van der Waals surface area contributed by atoms with Crippen LogP contribution in [0.4, 0.5) is 11.8 Å². The third kappa shape index (κ3) is 3.26. The van der Waals surface area contributed by atoms with E-state index in [2.05, 4.69) is 19.9 Å². The Morgan fingerprint density at radius 3 is 2.79 bits per heavy atom. The van der Waals surface area contributed by atoms with Crippen LogP contribution in [0.15, 0.2) is 29.3 Å². The zero-order chi connectivity index (χ0) is 23.4. The van der Waals surface area contributed by atoms with Crippen molar-refractivity contribution in [3.05, 3.63) is 45.7 Å². The number of aryl methyl sites for hydroxylation is 1. The topological polar surface area (TPSA) is 120 Å². The van der Waals surface area contributed by atoms with Gasteiger partial charge in [-0.05, 0) is 25.0 Å². The molecule has 12 heteroatoms. The Morgan fingerprint density at radius 1 is 1.15 bits per heavy atom. The van der Waals surface area contributed by atoms with Crippen LogP contribution in [0.3, 0.4) is 0 Å². The van der Waals surface area contributed by atoms with E-state index in [0.717, 1.165) is 19.4 Å². The molecule has 2 N–H and O–H groups in total. The van der Waals surface area contributed by atoms with Gasteiger partial charge >= 0.3 is 0 Å². The first kappa shape index (κ1) is 21.1. The maximum Gasteiger partial charge on any atom is 0.281 e. The van der Waals surface area contributed by atoms with E-state index in [1.807, 2.05) is 28.8 Å². The van der Waals surface area contributed by atoms with Crippen LogP contribution in [0, 0.1) is 0 Å². The first-order valence-electron chi connectivity index (χ1n) is 11.3. The Hall–Kier alpha value is -3.44. The van der Waals surface area contributed by atoms with Crippen molar-refractivity contribution in [3.63, 3.8) is 0 Å². The molecule has 1 unspecified atom stereocenters. The minimum Gasteiger partial charge on any atom is -0.378 e. The number of nitrogen functional groups attached to an aromatic ring is 1. The molecule has 4 aromatic rings. The van der Waals surface area contributed by atoms with Gasteiger partial charge in [-0.3, -0.25) is 4.79 Å². The van der Waals surface area contributed by atoms with Crippen LogP contribution in [-0.2, 0) is 11.8 Å². The van der Waals surface area contributed by atoms with Gasteiger partial charge in [-0.1, -0.05) is 17.7 Å². The number of hydrogen-bond acceptors (Lipinski definition) is 9. The number of nitrogens with two attached hydrogens (primary N) is 1. The Bertz CT molecular complexity index is 1460. The summed E-state index contributed by atoms with van der Waals surface area (Å²) in [7, 11) is 1.87. The quantitative estimate of drug-likeness (QED) is 0.465. The molecule has 5 heterocycles. The molecule has 3 aromatic heterocycles. The van der Waals surface area contributed by atoms with Gasteiger partial charge in [-0.15, -0.1) is 0 Å². The minimum atomic E-state index is -0.196. The molecule has 0 spiro atoms. The summed E-state index contributed by atoms with van der Waals surface area (Å²) < 4.78 is 9.05. The summed E-state index contributed by atoms with van der Waals surface area (Å²) in [5, 5.41) is 2.81. The Balaban J connectivity index is 1.56. The highest BCUT2D eigenvalue weighted by molar-refractivity contribution is 6.35. The van der Waals surface area contributed by atoms with Crippen LogP contribution in [0.1, 0.15) is 24.7 Å². The molecule has 0 amide bonds. The van der Waals surface area contributed by atoms with Gasteiger partial charge in [0.05, 0.1) is 54.6 Å². The van der Waals surface area contributed by atoms with Crippen LogP contribution in [0.2, 0.25) is 5.02 Å². The SMILES string of the molecule is Cn1cnc2c(N3CCCC3c3nc4cccc(Cl)c4c(=O)n3N3CCOCC3)nc(N)nc21. The predicted molar refractivity (Wildman–Crippen MR) is 130 cm³/mol. The first-order chi connectivity index (χ1) is 16.5. The second kappa shape index (κ2) is 8.10.